The van der Waals surface area contributed by atoms with Crippen molar-refractivity contribution in [2.24, 2.45) is 17.1 Å². The van der Waals surface area contributed by atoms with Crippen LogP contribution in [0.3, 0.4) is 0 Å². The number of halogens is 2. The molecule has 1 saturated carbocycles. The molecule has 3 atom stereocenters. The van der Waals surface area contributed by atoms with Crippen molar-refractivity contribution in [3.63, 3.8) is 0 Å². The van der Waals surface area contributed by atoms with Crippen LogP contribution in [0.1, 0.15) is 68.2 Å². The third-order valence-electron chi connectivity index (χ3n) is 8.94. The Bertz CT molecular complexity index is 1880. The molecule has 1 aromatic carbocycles. The molecule has 2 fully saturated rings. The summed E-state index contributed by atoms with van der Waals surface area (Å²) in [5.74, 6) is -0.101. The number of hydrogen-bond acceptors (Lipinski definition) is 10. The molecule has 1 aliphatic heterocycles. The highest BCUT2D eigenvalue weighted by atomic mass is 19.3. The largest absolute Gasteiger partial charge is 0.444 e. The molecular formula is C35H41F2N9O5. The lowest BCUT2D eigenvalue weighted by Gasteiger charge is -2.32. The van der Waals surface area contributed by atoms with Gasteiger partial charge in [-0.25, -0.2) is 23.4 Å². The number of nitrogens with zero attached hydrogens (tertiary/aromatic N) is 5. The maximum Gasteiger partial charge on any atom is 0.284 e. The summed E-state index contributed by atoms with van der Waals surface area (Å²) < 4.78 is 34.7. The van der Waals surface area contributed by atoms with Gasteiger partial charge in [-0.1, -0.05) is 32.9 Å². The number of pyridine rings is 1. The first-order valence-electron chi connectivity index (χ1n) is 16.7. The molecule has 2 aliphatic rings. The van der Waals surface area contributed by atoms with Gasteiger partial charge < -0.3 is 36.1 Å². The number of oxazole rings is 1. The molecule has 51 heavy (non-hydrogen) atoms. The number of carbonyl (C=O) groups is 3. The smallest absolute Gasteiger partial charge is 0.284 e. The average molecular weight is 706 g/mol. The third kappa shape index (κ3) is 8.40. The van der Waals surface area contributed by atoms with Gasteiger partial charge in [0.15, 0.2) is 11.4 Å². The Kier molecular flexibility index (Phi) is 10.2. The Hall–Kier alpha value is -5.22. The maximum absolute atomic E-state index is 14.0. The standard InChI is InChI=1S/C35H41F2N9O5/c1-35(2,3)29(38)34(50)45-16-23(47)13-26(45)32(49)41-15-20-6-8-22(9-7-20)46-17-24(28(44-46)30(36)37)42-31(48)25-18-51-33(43-25)21-10-11-39-27(12-21)40-14-19-4-5-19/h6-12,17-19,23,26,29-30,47H,4-5,13-16,38H2,1-3H3,(H,39,40)(H,41,49)(H,42,48)/t23-,26+,29-/m1/s1. The lowest BCUT2D eigenvalue weighted by Crippen LogP contribution is -2.54. The minimum Gasteiger partial charge on any atom is -0.444 e. The number of rotatable bonds is 12. The number of amides is 3. The van der Waals surface area contributed by atoms with E-state index in [0.29, 0.717) is 28.6 Å². The van der Waals surface area contributed by atoms with Gasteiger partial charge in [-0.15, -0.1) is 0 Å². The van der Waals surface area contributed by atoms with Crippen LogP contribution in [0.15, 0.2) is 59.5 Å². The topological polar surface area (TPSA) is 194 Å². The molecule has 3 aromatic heterocycles. The molecule has 0 bridgehead atoms. The fourth-order valence-corrected chi connectivity index (χ4v) is 5.63. The highest BCUT2D eigenvalue weighted by Crippen LogP contribution is 2.30. The van der Waals surface area contributed by atoms with Crippen LogP contribution in [0.2, 0.25) is 0 Å². The lowest BCUT2D eigenvalue weighted by molar-refractivity contribution is -0.141. The third-order valence-corrected chi connectivity index (χ3v) is 8.94. The number of carbonyl (C=O) groups excluding carboxylic acids is 3. The van der Waals surface area contributed by atoms with Gasteiger partial charge in [0, 0.05) is 37.8 Å². The molecule has 1 saturated heterocycles. The molecule has 0 radical (unpaired) electrons. The zero-order valence-electron chi connectivity index (χ0n) is 28.5. The van der Waals surface area contributed by atoms with Crippen LogP contribution in [0.25, 0.3) is 17.1 Å². The minimum absolute atomic E-state index is 0.0204. The Labute approximate surface area is 292 Å². The predicted molar refractivity (Wildman–Crippen MR) is 183 cm³/mol. The van der Waals surface area contributed by atoms with E-state index < -0.39 is 53.4 Å². The van der Waals surface area contributed by atoms with Gasteiger partial charge in [0.2, 0.25) is 17.7 Å². The van der Waals surface area contributed by atoms with Crippen molar-refractivity contribution in [3.05, 3.63) is 72.0 Å². The van der Waals surface area contributed by atoms with Crippen molar-refractivity contribution in [1.82, 2.24) is 30.0 Å². The van der Waals surface area contributed by atoms with Gasteiger partial charge >= 0.3 is 0 Å². The second kappa shape index (κ2) is 14.6. The Balaban J connectivity index is 1.08. The Morgan fingerprint density at radius 3 is 2.57 bits per heavy atom. The molecule has 1 aliphatic carbocycles. The number of β-amino-alcohol motifs (C(OH)–C–C–N with tert-alkyl or cyclic N) is 1. The number of anilines is 2. The molecular weight excluding hydrogens is 664 g/mol. The Morgan fingerprint density at radius 1 is 1.14 bits per heavy atom. The maximum atomic E-state index is 14.0. The first-order chi connectivity index (χ1) is 24.3. The average Bonchev–Trinajstić information content (AvgIpc) is 3.44. The van der Waals surface area contributed by atoms with Crippen molar-refractivity contribution >= 4 is 29.2 Å². The normalized spacial score (nSPS) is 18.2. The summed E-state index contributed by atoms with van der Waals surface area (Å²) in [6, 6.07) is 8.36. The monoisotopic (exact) mass is 705 g/mol. The first kappa shape index (κ1) is 35.6. The van der Waals surface area contributed by atoms with E-state index in [0.717, 1.165) is 12.8 Å². The molecule has 6 rings (SSSR count). The highest BCUT2D eigenvalue weighted by molar-refractivity contribution is 6.03. The van der Waals surface area contributed by atoms with Crippen molar-refractivity contribution in [2.45, 2.75) is 71.2 Å². The second-order valence-electron chi connectivity index (χ2n) is 14.0. The summed E-state index contributed by atoms with van der Waals surface area (Å²) in [6.45, 7) is 6.44. The quantitative estimate of drug-likeness (QED) is 0.144. The zero-order chi connectivity index (χ0) is 36.4. The van der Waals surface area contributed by atoms with Gasteiger partial charge in [-0.3, -0.25) is 14.4 Å². The zero-order valence-corrected chi connectivity index (χ0v) is 28.5. The van der Waals surface area contributed by atoms with Crippen LogP contribution in [0.5, 0.6) is 0 Å². The minimum atomic E-state index is -2.99. The van der Waals surface area contributed by atoms with E-state index in [4.69, 9.17) is 10.2 Å². The molecule has 0 spiro atoms. The van der Waals surface area contributed by atoms with E-state index in [1.807, 2.05) is 20.8 Å². The fourth-order valence-electron chi connectivity index (χ4n) is 5.63. The molecule has 0 unspecified atom stereocenters. The summed E-state index contributed by atoms with van der Waals surface area (Å²) in [7, 11) is 0. The predicted octanol–water partition coefficient (Wildman–Crippen LogP) is 3.89. The van der Waals surface area contributed by atoms with Crippen LogP contribution in [0.4, 0.5) is 20.3 Å². The van der Waals surface area contributed by atoms with Gasteiger partial charge in [0.25, 0.3) is 12.3 Å². The van der Waals surface area contributed by atoms with Crippen molar-refractivity contribution in [3.8, 4) is 17.1 Å². The van der Waals surface area contributed by atoms with E-state index in [2.05, 4.69) is 31.0 Å². The van der Waals surface area contributed by atoms with Crippen molar-refractivity contribution in [2.75, 3.05) is 23.7 Å². The number of aromatic nitrogens is 4. The molecule has 14 nitrogen and oxygen atoms in total. The molecule has 3 amide bonds. The van der Waals surface area contributed by atoms with Gasteiger partial charge in [-0.05, 0) is 54.0 Å². The fraction of sp³-hybridized carbons (Fsp3) is 0.429. The van der Waals surface area contributed by atoms with E-state index in [-0.39, 0.29) is 36.8 Å². The number of benzene rings is 1. The summed E-state index contributed by atoms with van der Waals surface area (Å²) in [6.07, 6.45) is 2.68. The van der Waals surface area contributed by atoms with E-state index >= 15 is 0 Å². The summed E-state index contributed by atoms with van der Waals surface area (Å²) in [4.78, 5) is 49.0. The van der Waals surface area contributed by atoms with Gasteiger partial charge in [0.1, 0.15) is 18.1 Å². The summed E-state index contributed by atoms with van der Waals surface area (Å²) in [5.41, 5.74) is 6.39. The first-order valence-corrected chi connectivity index (χ1v) is 16.7. The van der Waals surface area contributed by atoms with Crippen molar-refractivity contribution in [1.29, 1.82) is 0 Å². The van der Waals surface area contributed by atoms with E-state index in [1.54, 1.807) is 42.6 Å². The number of aliphatic hydroxyl groups excluding tert-OH is 1. The number of likely N-dealkylation sites (tertiary alicyclic amines) is 1. The second-order valence-corrected chi connectivity index (χ2v) is 14.0. The lowest BCUT2D eigenvalue weighted by atomic mass is 9.86. The van der Waals surface area contributed by atoms with Crippen LogP contribution in [-0.4, -0.2) is 78.8 Å². The highest BCUT2D eigenvalue weighted by Gasteiger charge is 2.42. The van der Waals surface area contributed by atoms with Gasteiger partial charge in [-0.2, -0.15) is 5.10 Å². The van der Waals surface area contributed by atoms with Crippen LogP contribution >= 0.6 is 0 Å². The number of nitrogens with two attached hydrogens (primary N) is 1. The number of hydrogen-bond donors (Lipinski definition) is 5. The SMILES string of the molecule is CC(C)(C)[C@H](N)C(=O)N1C[C@H](O)C[C@H]1C(=O)NCc1ccc(-n2cc(NC(=O)c3coc(-c4ccnc(NCC5CC5)c4)n3)c(C(F)F)n2)cc1. The van der Waals surface area contributed by atoms with Crippen LogP contribution < -0.4 is 21.7 Å². The van der Waals surface area contributed by atoms with Crippen LogP contribution in [-0.2, 0) is 16.1 Å². The van der Waals surface area contributed by atoms with E-state index in [9.17, 15) is 28.3 Å². The van der Waals surface area contributed by atoms with Gasteiger partial charge in [0.05, 0.1) is 29.7 Å². The van der Waals surface area contributed by atoms with Crippen molar-refractivity contribution < 1.29 is 32.7 Å². The molecule has 270 valence electrons. The number of aliphatic hydroxyl groups is 1. The number of nitrogens with one attached hydrogen (secondary N) is 3. The summed E-state index contributed by atoms with van der Waals surface area (Å²) >= 11 is 0. The Morgan fingerprint density at radius 2 is 1.88 bits per heavy atom. The number of alkyl halides is 2. The molecule has 4 aromatic rings. The molecule has 6 N–H and O–H groups in total. The summed E-state index contributed by atoms with van der Waals surface area (Å²) in [5, 5.41) is 22.7. The molecule has 16 heteroatoms. The van der Waals surface area contributed by atoms with Crippen LogP contribution in [0, 0.1) is 11.3 Å². The van der Waals surface area contributed by atoms with E-state index in [1.165, 1.54) is 28.6 Å². The molecule has 4 heterocycles.